The third-order valence-electron chi connectivity index (χ3n) is 6.07. The minimum Gasteiger partial charge on any atom is -0.388 e. The Bertz CT molecular complexity index is 1140. The molecule has 1 aromatic heterocycles. The number of nitrogens with zero attached hydrogens (tertiary/aromatic N) is 1. The Morgan fingerprint density at radius 3 is 2.52 bits per heavy atom. The van der Waals surface area contributed by atoms with Crippen LogP contribution < -0.4 is 0 Å². The first-order valence-corrected chi connectivity index (χ1v) is 10.2. The molecule has 29 heavy (non-hydrogen) atoms. The molecule has 3 aromatic carbocycles. The summed E-state index contributed by atoms with van der Waals surface area (Å²) in [6, 6.07) is 22.9. The number of hydrogen-bond donors (Lipinski definition) is 1. The van der Waals surface area contributed by atoms with Crippen LogP contribution in [0, 0.1) is 5.82 Å². The number of hydrogen-bond acceptors (Lipinski definition) is 2. The van der Waals surface area contributed by atoms with Crippen molar-refractivity contribution in [1.29, 1.82) is 0 Å². The number of ether oxygens (including phenoxy) is 1. The maximum Gasteiger partial charge on any atom is 0.123 e. The SMILES string of the molecule is OC1C(OCc2ccccc2)CCCC1n1c2ccccc2c2cc(F)ccc21. The molecule has 0 aliphatic heterocycles. The van der Waals surface area contributed by atoms with E-state index in [1.807, 2.05) is 60.7 Å². The monoisotopic (exact) mass is 389 g/mol. The van der Waals surface area contributed by atoms with Gasteiger partial charge >= 0.3 is 0 Å². The number of rotatable bonds is 4. The molecule has 1 heterocycles. The van der Waals surface area contributed by atoms with Gasteiger partial charge in [0, 0.05) is 21.8 Å². The second kappa shape index (κ2) is 7.62. The van der Waals surface area contributed by atoms with Crippen molar-refractivity contribution >= 4 is 21.8 Å². The van der Waals surface area contributed by atoms with Crippen LogP contribution >= 0.6 is 0 Å². The number of aliphatic hydroxyl groups excluding tert-OH is 1. The molecule has 1 aliphatic carbocycles. The van der Waals surface area contributed by atoms with E-state index >= 15 is 0 Å². The van der Waals surface area contributed by atoms with E-state index in [4.69, 9.17) is 4.74 Å². The highest BCUT2D eigenvalue weighted by atomic mass is 19.1. The van der Waals surface area contributed by atoms with E-state index in [1.165, 1.54) is 6.07 Å². The third-order valence-corrected chi connectivity index (χ3v) is 6.07. The molecule has 0 bridgehead atoms. The summed E-state index contributed by atoms with van der Waals surface area (Å²) in [5.41, 5.74) is 3.09. The summed E-state index contributed by atoms with van der Waals surface area (Å²) >= 11 is 0. The number of aromatic nitrogens is 1. The predicted octanol–water partition coefficient (Wildman–Crippen LogP) is 5.60. The zero-order valence-electron chi connectivity index (χ0n) is 16.2. The lowest BCUT2D eigenvalue weighted by atomic mass is 9.89. The fourth-order valence-corrected chi connectivity index (χ4v) is 4.69. The van der Waals surface area contributed by atoms with Crippen molar-refractivity contribution in [3.8, 4) is 0 Å². The molecule has 5 rings (SSSR count). The Kier molecular flexibility index (Phi) is 4.82. The van der Waals surface area contributed by atoms with Gasteiger partial charge in [-0.25, -0.2) is 4.39 Å². The number of halogens is 1. The molecule has 148 valence electrons. The van der Waals surface area contributed by atoms with Crippen molar-refractivity contribution in [2.24, 2.45) is 0 Å². The van der Waals surface area contributed by atoms with Gasteiger partial charge in [-0.3, -0.25) is 0 Å². The second-order valence-corrected chi connectivity index (χ2v) is 7.87. The molecule has 3 atom stereocenters. The van der Waals surface area contributed by atoms with Crippen molar-refractivity contribution in [3.05, 3.63) is 84.2 Å². The van der Waals surface area contributed by atoms with Gasteiger partial charge < -0.3 is 14.4 Å². The topological polar surface area (TPSA) is 34.4 Å². The van der Waals surface area contributed by atoms with Crippen LogP contribution in [-0.2, 0) is 11.3 Å². The van der Waals surface area contributed by atoms with Crippen molar-refractivity contribution in [2.45, 2.75) is 44.1 Å². The highest BCUT2D eigenvalue weighted by Gasteiger charge is 2.35. The van der Waals surface area contributed by atoms with Gasteiger partial charge in [-0.15, -0.1) is 0 Å². The van der Waals surface area contributed by atoms with Gasteiger partial charge in [0.25, 0.3) is 0 Å². The minimum atomic E-state index is -0.614. The molecular weight excluding hydrogens is 365 g/mol. The lowest BCUT2D eigenvalue weighted by molar-refractivity contribution is -0.0858. The molecule has 1 fully saturated rings. The molecule has 0 amide bonds. The summed E-state index contributed by atoms with van der Waals surface area (Å²) in [5.74, 6) is -0.242. The molecule has 1 saturated carbocycles. The predicted molar refractivity (Wildman–Crippen MR) is 113 cm³/mol. The van der Waals surface area contributed by atoms with Crippen molar-refractivity contribution in [1.82, 2.24) is 4.57 Å². The summed E-state index contributed by atoms with van der Waals surface area (Å²) in [5, 5.41) is 13.1. The van der Waals surface area contributed by atoms with Crippen LogP contribution in [0.1, 0.15) is 30.9 Å². The van der Waals surface area contributed by atoms with E-state index in [9.17, 15) is 9.50 Å². The molecule has 3 unspecified atom stereocenters. The largest absolute Gasteiger partial charge is 0.388 e. The molecule has 4 aromatic rings. The van der Waals surface area contributed by atoms with Crippen molar-refractivity contribution < 1.29 is 14.2 Å². The van der Waals surface area contributed by atoms with Gasteiger partial charge in [0.05, 0.1) is 18.8 Å². The highest BCUT2D eigenvalue weighted by molar-refractivity contribution is 6.08. The Balaban J connectivity index is 1.50. The zero-order valence-corrected chi connectivity index (χ0v) is 16.2. The van der Waals surface area contributed by atoms with E-state index in [-0.39, 0.29) is 18.0 Å². The Morgan fingerprint density at radius 2 is 1.66 bits per heavy atom. The van der Waals surface area contributed by atoms with E-state index in [1.54, 1.807) is 6.07 Å². The van der Waals surface area contributed by atoms with Crippen molar-refractivity contribution in [2.75, 3.05) is 0 Å². The van der Waals surface area contributed by atoms with Crippen LogP contribution in [0.15, 0.2) is 72.8 Å². The molecule has 0 spiro atoms. The molecule has 0 radical (unpaired) electrons. The fourth-order valence-electron chi connectivity index (χ4n) is 4.69. The third kappa shape index (κ3) is 3.33. The molecule has 1 aliphatic rings. The van der Waals surface area contributed by atoms with Crippen LogP contribution in [0.2, 0.25) is 0 Å². The lowest BCUT2D eigenvalue weighted by Gasteiger charge is -2.36. The van der Waals surface area contributed by atoms with Crippen LogP contribution in [0.25, 0.3) is 21.8 Å². The summed E-state index contributed by atoms with van der Waals surface area (Å²) in [6.45, 7) is 0.494. The van der Waals surface area contributed by atoms with Crippen LogP contribution in [0.4, 0.5) is 4.39 Å². The average Bonchev–Trinajstić information content (AvgIpc) is 3.07. The normalized spacial score (nSPS) is 22.3. The summed E-state index contributed by atoms with van der Waals surface area (Å²) in [7, 11) is 0. The van der Waals surface area contributed by atoms with Crippen molar-refractivity contribution in [3.63, 3.8) is 0 Å². The number of para-hydroxylation sites is 1. The standard InChI is InChI=1S/C25H24FNO2/c26-18-13-14-22-20(15-18)19-9-4-5-10-21(19)27(22)23-11-6-12-24(25(23)28)29-16-17-7-2-1-3-8-17/h1-5,7-10,13-15,23-25,28H,6,11-12,16H2. The van der Waals surface area contributed by atoms with Gasteiger partial charge in [-0.1, -0.05) is 48.5 Å². The first kappa shape index (κ1) is 18.3. The van der Waals surface area contributed by atoms with E-state index < -0.39 is 6.10 Å². The van der Waals surface area contributed by atoms with Gasteiger partial charge in [0.15, 0.2) is 0 Å². The van der Waals surface area contributed by atoms with Crippen LogP contribution in [0.3, 0.4) is 0 Å². The van der Waals surface area contributed by atoms with Crippen LogP contribution in [0.5, 0.6) is 0 Å². The fraction of sp³-hybridized carbons (Fsp3) is 0.280. The number of benzene rings is 3. The highest BCUT2D eigenvalue weighted by Crippen LogP contribution is 2.38. The van der Waals surface area contributed by atoms with Gasteiger partial charge in [0.1, 0.15) is 11.9 Å². The smallest absolute Gasteiger partial charge is 0.123 e. The first-order chi connectivity index (χ1) is 14.2. The Hall–Kier alpha value is -2.69. The zero-order chi connectivity index (χ0) is 19.8. The van der Waals surface area contributed by atoms with Crippen LogP contribution in [-0.4, -0.2) is 21.9 Å². The summed E-state index contributed by atoms with van der Waals surface area (Å²) in [6.07, 6.45) is 1.87. The first-order valence-electron chi connectivity index (χ1n) is 10.2. The lowest BCUT2D eigenvalue weighted by Crippen LogP contribution is -2.40. The maximum absolute atomic E-state index is 13.9. The Labute approximate surface area is 169 Å². The average molecular weight is 389 g/mol. The quantitative estimate of drug-likeness (QED) is 0.493. The van der Waals surface area contributed by atoms with E-state index in [0.29, 0.717) is 6.61 Å². The number of aliphatic hydroxyl groups is 1. The second-order valence-electron chi connectivity index (χ2n) is 7.87. The summed E-state index contributed by atoms with van der Waals surface area (Å²) < 4.78 is 22.3. The summed E-state index contributed by atoms with van der Waals surface area (Å²) in [4.78, 5) is 0. The van der Waals surface area contributed by atoms with Gasteiger partial charge in [-0.05, 0) is 49.1 Å². The molecular formula is C25H24FNO2. The Morgan fingerprint density at radius 1 is 0.897 bits per heavy atom. The number of fused-ring (bicyclic) bond motifs is 3. The van der Waals surface area contributed by atoms with E-state index in [2.05, 4.69) is 4.57 Å². The molecule has 0 saturated heterocycles. The maximum atomic E-state index is 13.9. The molecule has 4 heteroatoms. The molecule has 3 nitrogen and oxygen atoms in total. The van der Waals surface area contributed by atoms with Gasteiger partial charge in [-0.2, -0.15) is 0 Å². The molecule has 1 N–H and O–H groups in total. The van der Waals surface area contributed by atoms with E-state index in [0.717, 1.165) is 46.6 Å². The van der Waals surface area contributed by atoms with Gasteiger partial charge in [0.2, 0.25) is 0 Å². The minimum absolute atomic E-state index is 0.0996.